The SMILES string of the molecule is CCC(CC(C)(CC)C(=O)OCC(=O)OCC(F)(F)F)C(=O)OC(C)CC(F)(F)F. The third kappa shape index (κ3) is 11.2. The van der Waals surface area contributed by atoms with E-state index in [0.29, 0.717) is 0 Å². The van der Waals surface area contributed by atoms with Crippen molar-refractivity contribution in [3.8, 4) is 0 Å². The van der Waals surface area contributed by atoms with E-state index in [1.165, 1.54) is 6.92 Å². The van der Waals surface area contributed by atoms with Crippen LogP contribution in [0.25, 0.3) is 0 Å². The number of halogens is 6. The molecule has 0 radical (unpaired) electrons. The minimum Gasteiger partial charge on any atom is -0.462 e. The number of hydrogen-bond donors (Lipinski definition) is 0. The molecular weight excluding hydrogens is 426 g/mol. The molecule has 12 heteroatoms. The van der Waals surface area contributed by atoms with Crippen LogP contribution in [-0.4, -0.2) is 49.6 Å². The van der Waals surface area contributed by atoms with Gasteiger partial charge in [0.25, 0.3) is 0 Å². The zero-order chi connectivity index (χ0) is 23.8. The van der Waals surface area contributed by atoms with Crippen molar-refractivity contribution in [3.63, 3.8) is 0 Å². The van der Waals surface area contributed by atoms with Crippen LogP contribution in [-0.2, 0) is 28.6 Å². The van der Waals surface area contributed by atoms with Crippen LogP contribution in [0.1, 0.15) is 53.4 Å². The molecule has 0 aromatic heterocycles. The molecular formula is C18H26F6O6. The fourth-order valence-electron chi connectivity index (χ4n) is 2.47. The van der Waals surface area contributed by atoms with Crippen molar-refractivity contribution in [2.24, 2.45) is 11.3 Å². The van der Waals surface area contributed by atoms with Crippen molar-refractivity contribution in [1.29, 1.82) is 0 Å². The molecule has 0 fully saturated rings. The van der Waals surface area contributed by atoms with Gasteiger partial charge in [-0.1, -0.05) is 13.8 Å². The largest absolute Gasteiger partial charge is 0.462 e. The highest BCUT2D eigenvalue weighted by Gasteiger charge is 2.39. The molecule has 0 aromatic carbocycles. The molecule has 0 amide bonds. The van der Waals surface area contributed by atoms with E-state index in [9.17, 15) is 40.7 Å². The molecule has 0 bridgehead atoms. The summed E-state index contributed by atoms with van der Waals surface area (Å²) in [6.07, 6.45) is -11.8. The summed E-state index contributed by atoms with van der Waals surface area (Å²) in [7, 11) is 0. The Labute approximate surface area is 170 Å². The molecule has 3 atom stereocenters. The van der Waals surface area contributed by atoms with Crippen LogP contribution in [0.3, 0.4) is 0 Å². The van der Waals surface area contributed by atoms with E-state index in [0.717, 1.165) is 6.92 Å². The quantitative estimate of drug-likeness (QED) is 0.264. The molecule has 0 aliphatic rings. The zero-order valence-corrected chi connectivity index (χ0v) is 17.1. The van der Waals surface area contributed by atoms with E-state index < -0.39 is 67.3 Å². The minimum absolute atomic E-state index is 0.130. The van der Waals surface area contributed by atoms with Crippen LogP contribution in [0.4, 0.5) is 26.3 Å². The highest BCUT2D eigenvalue weighted by molar-refractivity contribution is 5.81. The Bertz CT molecular complexity index is 589. The van der Waals surface area contributed by atoms with E-state index in [1.807, 2.05) is 0 Å². The summed E-state index contributed by atoms with van der Waals surface area (Å²) in [6.45, 7) is 2.79. The highest BCUT2D eigenvalue weighted by Crippen LogP contribution is 2.34. The van der Waals surface area contributed by atoms with Gasteiger partial charge in [-0.25, -0.2) is 4.79 Å². The topological polar surface area (TPSA) is 78.9 Å². The monoisotopic (exact) mass is 452 g/mol. The average Bonchev–Trinajstić information content (AvgIpc) is 2.59. The van der Waals surface area contributed by atoms with Crippen LogP contribution < -0.4 is 0 Å². The Hall–Kier alpha value is -2.01. The van der Waals surface area contributed by atoms with E-state index in [1.54, 1.807) is 13.8 Å². The number of esters is 3. The lowest BCUT2D eigenvalue weighted by Crippen LogP contribution is -2.36. The van der Waals surface area contributed by atoms with Crippen LogP contribution >= 0.6 is 0 Å². The van der Waals surface area contributed by atoms with Gasteiger partial charge in [-0.3, -0.25) is 9.59 Å². The fourth-order valence-corrected chi connectivity index (χ4v) is 2.47. The van der Waals surface area contributed by atoms with Gasteiger partial charge in [-0.05, 0) is 33.1 Å². The second-order valence-corrected chi connectivity index (χ2v) is 7.14. The van der Waals surface area contributed by atoms with Crippen molar-refractivity contribution in [1.82, 2.24) is 0 Å². The standard InChI is InChI=1S/C18H26F6O6/c1-5-12(14(26)30-11(3)7-17(19,20)21)8-16(4,6-2)15(27)28-9-13(25)29-10-18(22,23)24/h11-12H,5-10H2,1-4H3. The van der Waals surface area contributed by atoms with Gasteiger partial charge in [0.05, 0.1) is 17.8 Å². The molecule has 3 unspecified atom stereocenters. The summed E-state index contributed by atoms with van der Waals surface area (Å²) in [5, 5.41) is 0. The van der Waals surface area contributed by atoms with Crippen molar-refractivity contribution in [2.45, 2.75) is 71.8 Å². The third-order valence-corrected chi connectivity index (χ3v) is 4.35. The van der Waals surface area contributed by atoms with Crippen LogP contribution in [0.15, 0.2) is 0 Å². The van der Waals surface area contributed by atoms with Gasteiger partial charge < -0.3 is 14.2 Å². The number of carbonyl (C=O) groups is 3. The predicted octanol–water partition coefficient (Wildman–Crippen LogP) is 4.35. The van der Waals surface area contributed by atoms with Gasteiger partial charge in [0.2, 0.25) is 0 Å². The second kappa shape index (κ2) is 11.4. The molecule has 0 spiro atoms. The smallest absolute Gasteiger partial charge is 0.422 e. The van der Waals surface area contributed by atoms with Gasteiger partial charge >= 0.3 is 30.3 Å². The third-order valence-electron chi connectivity index (χ3n) is 4.35. The van der Waals surface area contributed by atoms with Crippen LogP contribution in [0, 0.1) is 11.3 Å². The Kier molecular flexibility index (Phi) is 10.6. The van der Waals surface area contributed by atoms with E-state index in [-0.39, 0.29) is 19.3 Å². The fraction of sp³-hybridized carbons (Fsp3) is 0.833. The van der Waals surface area contributed by atoms with Gasteiger partial charge in [-0.2, -0.15) is 26.3 Å². The molecule has 0 rings (SSSR count). The molecule has 0 aliphatic heterocycles. The number of ether oxygens (including phenoxy) is 3. The Morgan fingerprint density at radius 2 is 1.47 bits per heavy atom. The van der Waals surface area contributed by atoms with Gasteiger partial charge in [0.15, 0.2) is 13.2 Å². The molecule has 0 N–H and O–H groups in total. The van der Waals surface area contributed by atoms with Crippen molar-refractivity contribution >= 4 is 17.9 Å². The average molecular weight is 452 g/mol. The first-order chi connectivity index (χ1) is 13.5. The van der Waals surface area contributed by atoms with E-state index in [4.69, 9.17) is 9.47 Å². The van der Waals surface area contributed by atoms with Gasteiger partial charge in [0.1, 0.15) is 6.10 Å². The second-order valence-electron chi connectivity index (χ2n) is 7.14. The first kappa shape index (κ1) is 28.0. The molecule has 0 aliphatic carbocycles. The first-order valence-electron chi connectivity index (χ1n) is 9.19. The Balaban J connectivity index is 4.89. The molecule has 0 saturated heterocycles. The maximum Gasteiger partial charge on any atom is 0.422 e. The minimum atomic E-state index is -4.73. The molecule has 0 aromatic rings. The number of carbonyl (C=O) groups excluding carboxylic acids is 3. The van der Waals surface area contributed by atoms with Crippen LogP contribution in [0.5, 0.6) is 0 Å². The molecule has 30 heavy (non-hydrogen) atoms. The number of hydrogen-bond acceptors (Lipinski definition) is 6. The molecule has 0 heterocycles. The summed E-state index contributed by atoms with van der Waals surface area (Å²) < 4.78 is 86.6. The van der Waals surface area contributed by atoms with E-state index in [2.05, 4.69) is 4.74 Å². The lowest BCUT2D eigenvalue weighted by Gasteiger charge is -2.29. The highest BCUT2D eigenvalue weighted by atomic mass is 19.4. The Morgan fingerprint density at radius 1 is 0.900 bits per heavy atom. The number of rotatable bonds is 11. The van der Waals surface area contributed by atoms with Gasteiger partial charge in [-0.15, -0.1) is 0 Å². The van der Waals surface area contributed by atoms with Crippen molar-refractivity contribution < 1.29 is 54.9 Å². The summed E-state index contributed by atoms with van der Waals surface area (Å²) >= 11 is 0. The normalized spacial score (nSPS) is 16.2. The van der Waals surface area contributed by atoms with Crippen molar-refractivity contribution in [2.75, 3.05) is 13.2 Å². The van der Waals surface area contributed by atoms with E-state index >= 15 is 0 Å². The molecule has 0 saturated carbocycles. The Morgan fingerprint density at radius 3 is 1.90 bits per heavy atom. The number of alkyl halides is 6. The maximum absolute atomic E-state index is 12.4. The van der Waals surface area contributed by atoms with Gasteiger partial charge in [0, 0.05) is 0 Å². The summed E-state index contributed by atoms with van der Waals surface area (Å²) in [5.41, 5.74) is -1.32. The molecule has 6 nitrogen and oxygen atoms in total. The van der Waals surface area contributed by atoms with Crippen molar-refractivity contribution in [3.05, 3.63) is 0 Å². The maximum atomic E-state index is 12.4. The zero-order valence-electron chi connectivity index (χ0n) is 17.1. The molecule has 176 valence electrons. The summed E-state index contributed by atoms with van der Waals surface area (Å²) in [6, 6.07) is 0. The summed E-state index contributed by atoms with van der Waals surface area (Å²) in [5.74, 6) is -4.18. The predicted molar refractivity (Wildman–Crippen MR) is 91.0 cm³/mol. The van der Waals surface area contributed by atoms with Crippen LogP contribution in [0.2, 0.25) is 0 Å². The summed E-state index contributed by atoms with van der Waals surface area (Å²) in [4.78, 5) is 35.8. The lowest BCUT2D eigenvalue weighted by molar-refractivity contribution is -0.191. The lowest BCUT2D eigenvalue weighted by atomic mass is 9.78. The first-order valence-corrected chi connectivity index (χ1v) is 9.19.